The molecule has 0 aromatic carbocycles. The van der Waals surface area contributed by atoms with E-state index < -0.39 is 0 Å². The Morgan fingerprint density at radius 3 is 2.50 bits per heavy atom. The number of aromatic nitrogens is 1. The predicted molar refractivity (Wildman–Crippen MR) is 78.9 cm³/mol. The first-order valence-corrected chi connectivity index (χ1v) is 7.44. The molecule has 1 heterocycles. The van der Waals surface area contributed by atoms with Crippen molar-refractivity contribution in [2.24, 2.45) is 5.92 Å². The van der Waals surface area contributed by atoms with Gasteiger partial charge >= 0.3 is 0 Å². The van der Waals surface area contributed by atoms with E-state index in [1.165, 1.54) is 0 Å². The molecule has 18 heavy (non-hydrogen) atoms. The van der Waals surface area contributed by atoms with Gasteiger partial charge in [0.1, 0.15) is 5.69 Å². The molecule has 0 aliphatic carbocycles. The molecule has 0 radical (unpaired) electrons. The second kappa shape index (κ2) is 6.98. The molecule has 0 unspecified atom stereocenters. The molecule has 0 aliphatic heterocycles. The van der Waals surface area contributed by atoms with Gasteiger partial charge in [-0.1, -0.05) is 26.7 Å². The van der Waals surface area contributed by atoms with Crippen LogP contribution in [-0.4, -0.2) is 17.0 Å². The quantitative estimate of drug-likeness (QED) is 0.846. The molecule has 0 aliphatic rings. The molecule has 0 saturated carbocycles. The fourth-order valence-corrected chi connectivity index (χ4v) is 2.40. The topological polar surface area (TPSA) is 34.0 Å². The van der Waals surface area contributed by atoms with Crippen LogP contribution in [-0.2, 0) is 0 Å². The van der Waals surface area contributed by atoms with Crippen LogP contribution in [0.15, 0.2) is 16.7 Å². The summed E-state index contributed by atoms with van der Waals surface area (Å²) in [5.41, 5.74) is 0.725. The van der Waals surface area contributed by atoms with Crippen LogP contribution in [0, 0.1) is 5.92 Å². The summed E-state index contributed by atoms with van der Waals surface area (Å²) in [7, 11) is 0. The van der Waals surface area contributed by atoms with Gasteiger partial charge in [-0.15, -0.1) is 0 Å². The summed E-state index contributed by atoms with van der Waals surface area (Å²) < 4.78 is 2.94. The molecule has 3 nitrogen and oxygen atoms in total. The number of hydrogen-bond donors (Lipinski definition) is 1. The van der Waals surface area contributed by atoms with E-state index in [1.54, 1.807) is 0 Å². The number of nitrogens with zero attached hydrogens (tertiary/aromatic N) is 1. The zero-order chi connectivity index (χ0) is 13.7. The number of carbonyl (C=O) groups is 1. The van der Waals surface area contributed by atoms with Gasteiger partial charge in [0.15, 0.2) is 0 Å². The lowest BCUT2D eigenvalue weighted by atomic mass is 10.0. The largest absolute Gasteiger partial charge is 0.350 e. The van der Waals surface area contributed by atoms with Crippen molar-refractivity contribution < 1.29 is 4.79 Å². The minimum absolute atomic E-state index is 0.0151. The van der Waals surface area contributed by atoms with Gasteiger partial charge in [0, 0.05) is 23.3 Å². The minimum atomic E-state index is 0.0151. The maximum absolute atomic E-state index is 12.2. The van der Waals surface area contributed by atoms with Crippen LogP contribution >= 0.6 is 15.9 Å². The zero-order valence-electron chi connectivity index (χ0n) is 11.7. The van der Waals surface area contributed by atoms with Gasteiger partial charge in [0.2, 0.25) is 0 Å². The van der Waals surface area contributed by atoms with Gasteiger partial charge in [-0.25, -0.2) is 0 Å². The van der Waals surface area contributed by atoms with E-state index in [4.69, 9.17) is 0 Å². The Morgan fingerprint density at radius 2 is 2.00 bits per heavy atom. The first-order valence-electron chi connectivity index (χ1n) is 6.65. The molecule has 0 spiro atoms. The molecular formula is C14H23BrN2O. The van der Waals surface area contributed by atoms with Gasteiger partial charge in [0.05, 0.1) is 0 Å². The summed E-state index contributed by atoms with van der Waals surface area (Å²) in [5.74, 6) is 0.584. The van der Waals surface area contributed by atoms with Gasteiger partial charge in [-0.3, -0.25) is 4.79 Å². The van der Waals surface area contributed by atoms with E-state index in [0.29, 0.717) is 5.92 Å². The lowest BCUT2D eigenvalue weighted by molar-refractivity contribution is 0.0935. The fraction of sp³-hybridized carbons (Fsp3) is 0.643. The Kier molecular flexibility index (Phi) is 5.93. The molecule has 1 aromatic rings. The van der Waals surface area contributed by atoms with Crippen LogP contribution < -0.4 is 5.32 Å². The number of halogens is 1. The van der Waals surface area contributed by atoms with Gasteiger partial charge < -0.3 is 9.88 Å². The van der Waals surface area contributed by atoms with E-state index in [9.17, 15) is 4.79 Å². The van der Waals surface area contributed by atoms with Crippen LogP contribution in [0.5, 0.6) is 0 Å². The van der Waals surface area contributed by atoms with Crippen LogP contribution in [0.25, 0.3) is 0 Å². The van der Waals surface area contributed by atoms with E-state index in [-0.39, 0.29) is 11.9 Å². The Morgan fingerprint density at radius 1 is 1.39 bits per heavy atom. The molecule has 4 heteroatoms. The maximum Gasteiger partial charge on any atom is 0.267 e. The molecule has 1 rings (SSSR count). The third-order valence-electron chi connectivity index (χ3n) is 3.31. The smallest absolute Gasteiger partial charge is 0.267 e. The van der Waals surface area contributed by atoms with E-state index in [2.05, 4.69) is 48.9 Å². The second-order valence-corrected chi connectivity index (χ2v) is 5.85. The fourth-order valence-electron chi connectivity index (χ4n) is 1.96. The molecule has 1 N–H and O–H groups in total. The molecule has 0 fully saturated rings. The first-order chi connectivity index (χ1) is 8.49. The summed E-state index contributed by atoms with van der Waals surface area (Å²) in [6.45, 7) is 9.22. The minimum Gasteiger partial charge on any atom is -0.350 e. The zero-order valence-corrected chi connectivity index (χ0v) is 13.3. The van der Waals surface area contributed by atoms with Gasteiger partial charge in [-0.2, -0.15) is 0 Å². The molecular weight excluding hydrogens is 292 g/mol. The molecule has 0 atom stereocenters. The highest BCUT2D eigenvalue weighted by Gasteiger charge is 2.15. The maximum atomic E-state index is 12.2. The van der Waals surface area contributed by atoms with E-state index >= 15 is 0 Å². The number of hydrogen-bond acceptors (Lipinski definition) is 1. The van der Waals surface area contributed by atoms with E-state index in [0.717, 1.165) is 29.6 Å². The molecule has 1 aromatic heterocycles. The van der Waals surface area contributed by atoms with Crippen LogP contribution in [0.3, 0.4) is 0 Å². The third kappa shape index (κ3) is 3.87. The van der Waals surface area contributed by atoms with Crippen molar-refractivity contribution in [1.82, 2.24) is 9.88 Å². The standard InChI is InChI=1S/C14H23BrN2O/c1-5-11(6-2)8-16-14(18)13-7-12(15)9-17(13)10(3)4/h7,9-11H,5-6,8H2,1-4H3,(H,16,18). The Labute approximate surface area is 118 Å². The number of amides is 1. The predicted octanol–water partition coefficient (Wildman–Crippen LogP) is 4.00. The highest BCUT2D eigenvalue weighted by Crippen LogP contribution is 2.19. The summed E-state index contributed by atoms with van der Waals surface area (Å²) in [6.07, 6.45) is 4.16. The lowest BCUT2D eigenvalue weighted by Crippen LogP contribution is -2.30. The van der Waals surface area contributed by atoms with Crippen molar-refractivity contribution in [3.05, 3.63) is 22.4 Å². The summed E-state index contributed by atoms with van der Waals surface area (Å²) in [6, 6.07) is 2.16. The van der Waals surface area contributed by atoms with Crippen molar-refractivity contribution in [2.75, 3.05) is 6.54 Å². The van der Waals surface area contributed by atoms with Crippen LogP contribution in [0.4, 0.5) is 0 Å². The van der Waals surface area contributed by atoms with Crippen LogP contribution in [0.1, 0.15) is 57.1 Å². The Balaban J connectivity index is 2.72. The number of carbonyl (C=O) groups excluding carboxylic acids is 1. The lowest BCUT2D eigenvalue weighted by Gasteiger charge is -2.15. The second-order valence-electron chi connectivity index (χ2n) is 4.94. The summed E-state index contributed by atoms with van der Waals surface area (Å²) >= 11 is 3.43. The highest BCUT2D eigenvalue weighted by atomic mass is 79.9. The SMILES string of the molecule is CCC(CC)CNC(=O)c1cc(Br)cn1C(C)C. The Bertz CT molecular complexity index is 394. The molecule has 0 bridgehead atoms. The monoisotopic (exact) mass is 314 g/mol. The highest BCUT2D eigenvalue weighted by molar-refractivity contribution is 9.10. The van der Waals surface area contributed by atoms with E-state index in [1.807, 2.05) is 16.8 Å². The average molecular weight is 315 g/mol. The molecule has 0 saturated heterocycles. The number of nitrogens with one attached hydrogen (secondary N) is 1. The van der Waals surface area contributed by atoms with Crippen LogP contribution in [0.2, 0.25) is 0 Å². The summed E-state index contributed by atoms with van der Waals surface area (Å²) in [5, 5.41) is 3.03. The van der Waals surface area contributed by atoms with Crippen molar-refractivity contribution >= 4 is 21.8 Å². The average Bonchev–Trinajstić information content (AvgIpc) is 2.72. The van der Waals surface area contributed by atoms with Gasteiger partial charge in [0.25, 0.3) is 5.91 Å². The molecule has 1 amide bonds. The summed E-state index contributed by atoms with van der Waals surface area (Å²) in [4.78, 5) is 12.2. The Hall–Kier alpha value is -0.770. The van der Waals surface area contributed by atoms with Crippen molar-refractivity contribution in [2.45, 2.75) is 46.6 Å². The van der Waals surface area contributed by atoms with Crippen molar-refractivity contribution in [1.29, 1.82) is 0 Å². The van der Waals surface area contributed by atoms with Crippen molar-refractivity contribution in [3.8, 4) is 0 Å². The van der Waals surface area contributed by atoms with Crippen molar-refractivity contribution in [3.63, 3.8) is 0 Å². The molecule has 102 valence electrons. The third-order valence-corrected chi connectivity index (χ3v) is 3.74. The van der Waals surface area contributed by atoms with Gasteiger partial charge in [-0.05, 0) is 41.8 Å². The number of rotatable bonds is 6. The normalized spacial score (nSPS) is 11.3. The first kappa shape index (κ1) is 15.3.